The first-order valence-corrected chi connectivity index (χ1v) is 7.95. The lowest BCUT2D eigenvalue weighted by molar-refractivity contribution is 0.355. The van der Waals surface area contributed by atoms with E-state index in [9.17, 15) is 0 Å². The van der Waals surface area contributed by atoms with Crippen molar-refractivity contribution >= 4 is 35.6 Å². The molecule has 0 fully saturated rings. The Kier molecular flexibility index (Phi) is 11.6. The van der Waals surface area contributed by atoms with Gasteiger partial charge in [-0.2, -0.15) is 0 Å². The Hall–Kier alpha value is -1.18. The van der Waals surface area contributed by atoms with E-state index in [-0.39, 0.29) is 24.0 Å². The molecule has 1 aromatic carbocycles. The molecular formula is C17H30IN3O2. The van der Waals surface area contributed by atoms with Crippen LogP contribution in [-0.4, -0.2) is 33.3 Å². The minimum Gasteiger partial charge on any atom is -0.493 e. The molecule has 1 aromatic rings. The molecule has 0 atom stereocenters. The van der Waals surface area contributed by atoms with E-state index < -0.39 is 0 Å². The molecule has 2 N–H and O–H groups in total. The summed E-state index contributed by atoms with van der Waals surface area (Å²) >= 11 is 0. The summed E-state index contributed by atoms with van der Waals surface area (Å²) in [7, 11) is 3.26. The predicted octanol–water partition coefficient (Wildman–Crippen LogP) is 4.14. The molecule has 0 unspecified atom stereocenters. The quantitative estimate of drug-likeness (QED) is 0.366. The number of methoxy groups -OCH3 is 2. The molecule has 5 nitrogen and oxygen atoms in total. The van der Waals surface area contributed by atoms with Crippen molar-refractivity contribution < 1.29 is 9.47 Å². The SMILES string of the molecule is CCNC(=NCC(CC)CC)Nc1ccc(OC)c(OC)c1.I. The van der Waals surface area contributed by atoms with Gasteiger partial charge in [-0.25, -0.2) is 0 Å². The Labute approximate surface area is 157 Å². The van der Waals surface area contributed by atoms with Crippen molar-refractivity contribution in [1.82, 2.24) is 5.32 Å². The average molecular weight is 435 g/mol. The fourth-order valence-corrected chi connectivity index (χ4v) is 2.13. The monoisotopic (exact) mass is 435 g/mol. The molecule has 0 aliphatic heterocycles. The van der Waals surface area contributed by atoms with Gasteiger partial charge in [0.05, 0.1) is 14.2 Å². The fourth-order valence-electron chi connectivity index (χ4n) is 2.13. The molecule has 0 bridgehead atoms. The second kappa shape index (κ2) is 12.3. The van der Waals surface area contributed by atoms with Crippen LogP contribution >= 0.6 is 24.0 Å². The van der Waals surface area contributed by atoms with Crippen molar-refractivity contribution in [1.29, 1.82) is 0 Å². The van der Waals surface area contributed by atoms with Crippen molar-refractivity contribution in [3.8, 4) is 11.5 Å². The van der Waals surface area contributed by atoms with Gasteiger partial charge < -0.3 is 20.1 Å². The summed E-state index contributed by atoms with van der Waals surface area (Å²) in [6.07, 6.45) is 2.30. The van der Waals surface area contributed by atoms with Gasteiger partial charge in [0.25, 0.3) is 0 Å². The third-order valence-corrected chi connectivity index (χ3v) is 3.65. The lowest BCUT2D eigenvalue weighted by atomic mass is 10.0. The van der Waals surface area contributed by atoms with Crippen molar-refractivity contribution in [2.45, 2.75) is 33.6 Å². The molecule has 6 heteroatoms. The molecule has 0 radical (unpaired) electrons. The van der Waals surface area contributed by atoms with Crippen LogP contribution in [0, 0.1) is 5.92 Å². The molecule has 23 heavy (non-hydrogen) atoms. The van der Waals surface area contributed by atoms with Crippen LogP contribution in [0.1, 0.15) is 33.6 Å². The molecule has 1 rings (SSSR count). The summed E-state index contributed by atoms with van der Waals surface area (Å²) in [4.78, 5) is 4.67. The van der Waals surface area contributed by atoms with Gasteiger partial charge in [-0.3, -0.25) is 4.99 Å². The Balaban J connectivity index is 0.00000484. The first-order valence-electron chi connectivity index (χ1n) is 7.95. The molecule has 0 aliphatic rings. The third kappa shape index (κ3) is 7.28. The molecule has 0 aliphatic carbocycles. The van der Waals surface area contributed by atoms with Crippen LogP contribution in [-0.2, 0) is 0 Å². The fraction of sp³-hybridized carbons (Fsp3) is 0.588. The van der Waals surface area contributed by atoms with Crippen molar-refractivity contribution in [3.63, 3.8) is 0 Å². The van der Waals surface area contributed by atoms with Gasteiger partial charge in [0.15, 0.2) is 17.5 Å². The maximum absolute atomic E-state index is 5.33. The van der Waals surface area contributed by atoms with E-state index >= 15 is 0 Å². The van der Waals surface area contributed by atoms with Crippen LogP contribution < -0.4 is 20.1 Å². The zero-order chi connectivity index (χ0) is 16.4. The summed E-state index contributed by atoms with van der Waals surface area (Å²) in [5, 5.41) is 6.58. The second-order valence-corrected chi connectivity index (χ2v) is 5.10. The number of hydrogen-bond donors (Lipinski definition) is 2. The van der Waals surface area contributed by atoms with Gasteiger partial charge in [-0.05, 0) is 25.0 Å². The Morgan fingerprint density at radius 3 is 2.26 bits per heavy atom. The maximum Gasteiger partial charge on any atom is 0.195 e. The van der Waals surface area contributed by atoms with E-state index in [1.165, 1.54) is 0 Å². The number of rotatable bonds is 8. The number of nitrogens with one attached hydrogen (secondary N) is 2. The maximum atomic E-state index is 5.33. The third-order valence-electron chi connectivity index (χ3n) is 3.65. The molecule has 0 saturated carbocycles. The van der Waals surface area contributed by atoms with Gasteiger partial charge in [0.1, 0.15) is 0 Å². The minimum atomic E-state index is 0. The first kappa shape index (κ1) is 21.8. The predicted molar refractivity (Wildman–Crippen MR) is 109 cm³/mol. The van der Waals surface area contributed by atoms with E-state index in [4.69, 9.17) is 9.47 Å². The van der Waals surface area contributed by atoms with Crippen LogP contribution in [0.25, 0.3) is 0 Å². The number of halogens is 1. The van der Waals surface area contributed by atoms with E-state index in [0.717, 1.165) is 37.6 Å². The zero-order valence-electron chi connectivity index (χ0n) is 14.8. The lowest BCUT2D eigenvalue weighted by Gasteiger charge is -2.15. The molecule has 0 aromatic heterocycles. The summed E-state index contributed by atoms with van der Waals surface area (Å²) in [6.45, 7) is 8.12. The van der Waals surface area contributed by atoms with Crippen molar-refractivity contribution in [2.75, 3.05) is 32.6 Å². The number of ether oxygens (including phenoxy) is 2. The smallest absolute Gasteiger partial charge is 0.195 e. The highest BCUT2D eigenvalue weighted by Gasteiger charge is 2.07. The molecule has 132 valence electrons. The highest BCUT2D eigenvalue weighted by atomic mass is 127. The summed E-state index contributed by atoms with van der Waals surface area (Å²) in [5.74, 6) is 2.83. The van der Waals surface area contributed by atoms with Gasteiger partial charge in [0, 0.05) is 24.8 Å². The molecule has 0 amide bonds. The van der Waals surface area contributed by atoms with Crippen molar-refractivity contribution in [2.24, 2.45) is 10.9 Å². The normalized spacial score (nSPS) is 11.0. The highest BCUT2D eigenvalue weighted by Crippen LogP contribution is 2.29. The molecule has 0 saturated heterocycles. The second-order valence-electron chi connectivity index (χ2n) is 5.10. The molecular weight excluding hydrogens is 405 g/mol. The summed E-state index contributed by atoms with van der Waals surface area (Å²) < 4.78 is 10.6. The largest absolute Gasteiger partial charge is 0.493 e. The Bertz CT molecular complexity index is 477. The topological polar surface area (TPSA) is 54.9 Å². The standard InChI is InChI=1S/C17H29N3O2.HI/c1-6-13(7-2)12-19-17(18-8-3)20-14-9-10-15(21-4)16(11-14)22-5;/h9-11,13H,6-8,12H2,1-5H3,(H2,18,19,20);1H. The average Bonchev–Trinajstić information content (AvgIpc) is 2.55. The molecule has 0 heterocycles. The van der Waals surface area contributed by atoms with Crippen LogP contribution in [0.15, 0.2) is 23.2 Å². The number of benzene rings is 1. The number of anilines is 1. The highest BCUT2D eigenvalue weighted by molar-refractivity contribution is 14.0. The Morgan fingerprint density at radius 1 is 1.09 bits per heavy atom. The van der Waals surface area contributed by atoms with E-state index in [2.05, 4.69) is 36.4 Å². The van der Waals surface area contributed by atoms with E-state index in [0.29, 0.717) is 17.4 Å². The number of nitrogens with zero attached hydrogens (tertiary/aromatic N) is 1. The van der Waals surface area contributed by atoms with Gasteiger partial charge in [0.2, 0.25) is 0 Å². The minimum absolute atomic E-state index is 0. The van der Waals surface area contributed by atoms with Crippen LogP contribution in [0.4, 0.5) is 5.69 Å². The zero-order valence-corrected chi connectivity index (χ0v) is 17.1. The van der Waals surface area contributed by atoms with Crippen LogP contribution in [0.3, 0.4) is 0 Å². The van der Waals surface area contributed by atoms with Crippen molar-refractivity contribution in [3.05, 3.63) is 18.2 Å². The van der Waals surface area contributed by atoms with Gasteiger partial charge in [-0.1, -0.05) is 26.7 Å². The number of aliphatic imine (C=N–C) groups is 1. The van der Waals surface area contributed by atoms with E-state index in [1.807, 2.05) is 18.2 Å². The van der Waals surface area contributed by atoms with Crippen LogP contribution in [0.5, 0.6) is 11.5 Å². The van der Waals surface area contributed by atoms with E-state index in [1.54, 1.807) is 14.2 Å². The van der Waals surface area contributed by atoms with Gasteiger partial charge >= 0.3 is 0 Å². The lowest BCUT2D eigenvalue weighted by Crippen LogP contribution is -2.31. The van der Waals surface area contributed by atoms with Gasteiger partial charge in [-0.15, -0.1) is 24.0 Å². The summed E-state index contributed by atoms with van der Waals surface area (Å²) in [6, 6.07) is 5.74. The Morgan fingerprint density at radius 2 is 1.74 bits per heavy atom. The van der Waals surface area contributed by atoms with Crippen LogP contribution in [0.2, 0.25) is 0 Å². The first-order chi connectivity index (χ1) is 10.7. The number of hydrogen-bond acceptors (Lipinski definition) is 3. The number of guanidine groups is 1. The molecule has 0 spiro atoms. The summed E-state index contributed by atoms with van der Waals surface area (Å²) in [5.41, 5.74) is 0.918.